The predicted octanol–water partition coefficient (Wildman–Crippen LogP) is 8.15. The summed E-state index contributed by atoms with van der Waals surface area (Å²) in [6.45, 7) is 5.01. The lowest BCUT2D eigenvalue weighted by Gasteiger charge is -2.19. The second-order valence-electron chi connectivity index (χ2n) is 21.9. The Labute approximate surface area is 597 Å². The van der Waals surface area contributed by atoms with Crippen molar-refractivity contribution in [2.45, 2.75) is 26.4 Å². The fraction of sp³-hybridized carbons (Fsp3) is 0.111. The van der Waals surface area contributed by atoms with E-state index in [-0.39, 0.29) is 101 Å². The van der Waals surface area contributed by atoms with Crippen molar-refractivity contribution in [1.82, 2.24) is 69.4 Å². The van der Waals surface area contributed by atoms with Crippen molar-refractivity contribution in [2.75, 3.05) is 47.9 Å². The molecule has 0 aliphatic heterocycles. The number of H-pyrrole nitrogens is 1. The van der Waals surface area contributed by atoms with Crippen LogP contribution in [0.4, 0.5) is 50.8 Å². The first-order chi connectivity index (χ1) is 50.2. The summed E-state index contributed by atoms with van der Waals surface area (Å²) in [5, 5.41) is 66.2. The molecule has 8 aromatic heterocycles. The average molecular weight is 1500 g/mol. The lowest BCUT2D eigenvalue weighted by atomic mass is 10.1. The number of carbonyl (C=O) groups is 10. The first-order valence-electron chi connectivity index (χ1n) is 29.4. The molecule has 0 saturated heterocycles. The number of nitrogens with two attached hydrogens (primary N) is 1. The molecular formula is C63H48Cl2F4N20O17. The Kier molecular flexibility index (Phi) is 22.9. The number of aromatic amines is 1. The molecule has 12 rings (SSSR count). The lowest BCUT2D eigenvalue weighted by molar-refractivity contribution is 0.0597. The molecule has 0 aliphatic rings. The summed E-state index contributed by atoms with van der Waals surface area (Å²) in [5.74, 6) is -13.7. The summed E-state index contributed by atoms with van der Waals surface area (Å²) in [6, 6.07) is 17.6. The molecule has 0 fully saturated rings. The summed E-state index contributed by atoms with van der Waals surface area (Å²) in [7, 11) is 3.47. The van der Waals surface area contributed by atoms with Crippen LogP contribution in [-0.2, 0) is 9.47 Å². The summed E-state index contributed by atoms with van der Waals surface area (Å²) < 4.78 is 77.5. The van der Waals surface area contributed by atoms with Gasteiger partial charge in [-0.2, -0.15) is 5.10 Å². The highest BCUT2D eigenvalue weighted by Crippen LogP contribution is 2.32. The van der Waals surface area contributed by atoms with Gasteiger partial charge in [-0.1, -0.05) is 23.2 Å². The Balaban J connectivity index is 0.000000165. The number of nitrogens with one attached hydrogen (secondary N) is 6. The zero-order chi connectivity index (χ0) is 77.2. The van der Waals surface area contributed by atoms with Gasteiger partial charge in [0.15, 0.2) is 68.9 Å². The van der Waals surface area contributed by atoms with Gasteiger partial charge in [-0.25, -0.2) is 61.0 Å². The monoisotopic (exact) mass is 1500 g/mol. The van der Waals surface area contributed by atoms with Gasteiger partial charge < -0.3 is 66.3 Å². The smallest absolute Gasteiger partial charge is 0.412 e. The predicted molar refractivity (Wildman–Crippen MR) is 360 cm³/mol. The van der Waals surface area contributed by atoms with E-state index in [9.17, 15) is 80.8 Å². The zero-order valence-corrected chi connectivity index (χ0v) is 56.2. The third kappa shape index (κ3) is 17.8. The van der Waals surface area contributed by atoms with E-state index in [0.717, 1.165) is 29.9 Å². The van der Waals surface area contributed by atoms with Crippen LogP contribution in [-0.4, -0.2) is 171 Å². The molecule has 544 valence electrons. The molecule has 4 aromatic carbocycles. The molecule has 0 atom stereocenters. The molecular weight excluding hydrogens is 1460 g/mol. The second kappa shape index (κ2) is 32.1. The van der Waals surface area contributed by atoms with E-state index in [1.54, 1.807) is 55.8 Å². The molecule has 6 amide bonds. The number of primary amides is 1. The van der Waals surface area contributed by atoms with Gasteiger partial charge in [0.05, 0.1) is 93.1 Å². The minimum Gasteiger partial charge on any atom is -0.494 e. The van der Waals surface area contributed by atoms with Crippen LogP contribution in [0, 0.1) is 23.3 Å². The van der Waals surface area contributed by atoms with Crippen molar-refractivity contribution >= 4 is 139 Å². The number of methoxy groups -OCH3 is 3. The van der Waals surface area contributed by atoms with Crippen LogP contribution >= 0.6 is 23.2 Å². The number of amides is 6. The quantitative estimate of drug-likeness (QED) is 0.0322. The van der Waals surface area contributed by atoms with E-state index in [1.165, 1.54) is 67.7 Å². The Hall–Kier alpha value is -14.4. The van der Waals surface area contributed by atoms with Crippen LogP contribution in [0.3, 0.4) is 0 Å². The maximum atomic E-state index is 13.9. The number of hydrogen-bond donors (Lipinski definition) is 10. The number of aromatic carboxylic acids is 3. The second-order valence-corrected chi connectivity index (χ2v) is 22.7. The number of rotatable bonds is 16. The van der Waals surface area contributed by atoms with Gasteiger partial charge in [-0.05, 0) is 97.9 Å². The highest BCUT2D eigenvalue weighted by atomic mass is 35.5. The third-order valence-corrected chi connectivity index (χ3v) is 14.4. The van der Waals surface area contributed by atoms with Crippen LogP contribution in [0.1, 0.15) is 115 Å². The number of nitrogens with zero attached hydrogens (tertiary/aromatic N) is 13. The van der Waals surface area contributed by atoms with Gasteiger partial charge >= 0.3 is 30.0 Å². The molecule has 106 heavy (non-hydrogen) atoms. The number of fused-ring (bicyclic) bond motifs is 4. The van der Waals surface area contributed by atoms with E-state index >= 15 is 0 Å². The van der Waals surface area contributed by atoms with Crippen molar-refractivity contribution in [3.05, 3.63) is 200 Å². The molecule has 0 radical (unpaired) electrons. The van der Waals surface area contributed by atoms with Gasteiger partial charge in [-0.3, -0.25) is 33.7 Å². The molecule has 37 nitrogen and oxygen atoms in total. The first-order valence-corrected chi connectivity index (χ1v) is 30.1. The first kappa shape index (κ1) is 75.8. The minimum atomic E-state index is -1.47. The summed E-state index contributed by atoms with van der Waals surface area (Å²) in [5.41, 5.74) is 3.49. The third-order valence-electron chi connectivity index (χ3n) is 13.7. The van der Waals surface area contributed by atoms with E-state index < -0.39 is 99.5 Å². The zero-order valence-electron chi connectivity index (χ0n) is 54.7. The van der Waals surface area contributed by atoms with Crippen molar-refractivity contribution < 1.29 is 99.8 Å². The average Bonchev–Trinajstić information content (AvgIpc) is 1.26. The molecule has 12 aromatic rings. The molecule has 0 bridgehead atoms. The molecule has 0 saturated carbocycles. The number of carbonyl (C=O) groups excluding carboxylic acids is 7. The number of hydrogen-bond acceptors (Lipinski definition) is 24. The summed E-state index contributed by atoms with van der Waals surface area (Å²) >= 11 is 11.7. The standard InChI is InChI=1S/C18H18FN7O6.C16H12FN5O5.C15H10F2N4O3.C14H8Cl2N4O3/c1-18(2,3)32-17(30)21-11-6-12(23-26-14(11)22-24-25-26)15(27)20-10-7-13(31-4)9(19)5-8(10)16(28)29;1-27-11-5-10(6(16(25)26)4-7(11)17)21-15(24)14-20-9-3-2-8(12(18)23)19-13(9)22-14;1-24-15(23)8-5-9(16)10(17)6-11(8)19-14(22)12-7-13-18-3-2-4-21(13)20-12;15-9-4-8(14(22)23)11(5-10(9)16)18-13(21)7-2-1-3-20-6-17-19-12(7)20/h5-7H,1-4H3,(H,20,27)(H,21,30)(H,28,29);2-5H,1H3,(H2,18,23)(H,21,24)(H,25,26)(H,19,20,22);2-7H,1H3,(H,19,22);1-6H,(H,18,21)(H,22,23). The number of imidazole rings is 1. The largest absolute Gasteiger partial charge is 0.494 e. The number of carboxylic acid groups (broad SMARTS) is 3. The molecule has 43 heteroatoms. The minimum absolute atomic E-state index is 0.00533. The van der Waals surface area contributed by atoms with Crippen LogP contribution in [0.2, 0.25) is 10.0 Å². The van der Waals surface area contributed by atoms with Gasteiger partial charge in [0, 0.05) is 42.9 Å². The Morgan fingerprint density at radius 3 is 1.73 bits per heavy atom. The van der Waals surface area contributed by atoms with Gasteiger partial charge in [-0.15, -0.1) is 25.0 Å². The number of tetrazole rings is 1. The fourth-order valence-electron chi connectivity index (χ4n) is 8.95. The molecule has 0 unspecified atom stereocenters. The number of carboxylic acids is 3. The van der Waals surface area contributed by atoms with E-state index in [0.29, 0.717) is 35.0 Å². The number of benzene rings is 4. The molecule has 8 heterocycles. The molecule has 0 aliphatic carbocycles. The van der Waals surface area contributed by atoms with Crippen LogP contribution in [0.25, 0.3) is 28.1 Å². The molecule has 0 spiro atoms. The van der Waals surface area contributed by atoms with Crippen LogP contribution < -0.4 is 41.8 Å². The van der Waals surface area contributed by atoms with Crippen LogP contribution in [0.5, 0.6) is 11.5 Å². The number of esters is 1. The number of anilines is 5. The SMILES string of the molecule is COC(=O)c1cc(F)c(F)cc1NC(=O)c1cc2ncccn2n1.COc1cc(NC(=O)c2cc(NC(=O)OC(C)(C)C)c3nnnn3n2)c(C(=O)O)cc1F.COc1cc(NC(=O)c2nc3nc(C(N)=O)ccc3[nH]2)c(C(=O)O)cc1F.O=C(O)c1cc(Cl)c(Cl)cc1NC(=O)c1cccn2cnnc12. The Bertz CT molecular complexity index is 5520. The highest BCUT2D eigenvalue weighted by Gasteiger charge is 2.27. The fourth-order valence-corrected chi connectivity index (χ4v) is 9.27. The highest BCUT2D eigenvalue weighted by molar-refractivity contribution is 6.42. The van der Waals surface area contributed by atoms with Crippen molar-refractivity contribution in [2.24, 2.45) is 5.73 Å². The van der Waals surface area contributed by atoms with E-state index in [2.05, 4.69) is 87.2 Å². The van der Waals surface area contributed by atoms with Crippen molar-refractivity contribution in [3.8, 4) is 11.5 Å². The van der Waals surface area contributed by atoms with Gasteiger partial charge in [0.2, 0.25) is 5.65 Å². The van der Waals surface area contributed by atoms with Crippen molar-refractivity contribution in [3.63, 3.8) is 0 Å². The number of ether oxygens (including phenoxy) is 4. The topological polar surface area (TPSA) is 512 Å². The van der Waals surface area contributed by atoms with E-state index in [4.69, 9.17) is 43.1 Å². The van der Waals surface area contributed by atoms with Gasteiger partial charge in [0.1, 0.15) is 17.6 Å². The number of aromatic nitrogens is 14. The lowest BCUT2D eigenvalue weighted by Crippen LogP contribution is -2.27. The summed E-state index contributed by atoms with van der Waals surface area (Å²) in [4.78, 5) is 133. The maximum absolute atomic E-state index is 13.9. The van der Waals surface area contributed by atoms with Gasteiger partial charge in [0.25, 0.3) is 29.5 Å². The number of pyridine rings is 2. The maximum Gasteiger partial charge on any atom is 0.412 e. The molecule has 11 N–H and O–H groups in total. The number of halogens is 6. The normalized spacial score (nSPS) is 10.8. The summed E-state index contributed by atoms with van der Waals surface area (Å²) in [6.07, 6.45) is 5.44. The van der Waals surface area contributed by atoms with Crippen molar-refractivity contribution in [1.29, 1.82) is 0 Å². The van der Waals surface area contributed by atoms with E-state index in [1.807, 2.05) is 0 Å². The van der Waals surface area contributed by atoms with Crippen LogP contribution in [0.15, 0.2) is 116 Å². The Morgan fingerprint density at radius 1 is 0.566 bits per heavy atom. The Morgan fingerprint density at radius 2 is 1.13 bits per heavy atom.